The van der Waals surface area contributed by atoms with Crippen molar-refractivity contribution in [3.8, 4) is 0 Å². The van der Waals surface area contributed by atoms with Crippen molar-refractivity contribution >= 4 is 21.6 Å². The zero-order chi connectivity index (χ0) is 10.3. The van der Waals surface area contributed by atoms with Gasteiger partial charge in [0.25, 0.3) is 0 Å². The molecule has 3 nitrogen and oxygen atoms in total. The summed E-state index contributed by atoms with van der Waals surface area (Å²) in [5.41, 5.74) is 0. The van der Waals surface area contributed by atoms with Crippen LogP contribution in [0.25, 0.3) is 0 Å². The first-order valence-electron chi connectivity index (χ1n) is 4.59. The molecule has 1 atom stereocenters. The van der Waals surface area contributed by atoms with E-state index in [1.54, 1.807) is 0 Å². The maximum atomic E-state index is 11.1. The smallest absolute Gasteiger partial charge is 0.211 e. The lowest BCUT2D eigenvalue weighted by Crippen LogP contribution is -2.27. The molecule has 13 heavy (non-hydrogen) atoms. The highest BCUT2D eigenvalue weighted by Gasteiger charge is 2.06. The maximum absolute atomic E-state index is 11.1. The van der Waals surface area contributed by atoms with Crippen molar-refractivity contribution in [1.82, 2.24) is 4.72 Å². The lowest BCUT2D eigenvalue weighted by molar-refractivity contribution is 0.575. The van der Waals surface area contributed by atoms with Gasteiger partial charge in [-0.25, -0.2) is 13.1 Å². The van der Waals surface area contributed by atoms with Gasteiger partial charge in [-0.3, -0.25) is 0 Å². The standard InChI is InChI=1S/C8H18ClNO2S/c1-3-7-13(11,12)10-6-4-5-8(2)9/h8,10H,3-7H2,1-2H3. The monoisotopic (exact) mass is 227 g/mol. The van der Waals surface area contributed by atoms with Gasteiger partial charge < -0.3 is 0 Å². The molecule has 0 rings (SSSR count). The number of rotatable bonds is 7. The fraction of sp³-hybridized carbons (Fsp3) is 1.00. The first-order chi connectivity index (χ1) is 5.98. The molecule has 0 aliphatic heterocycles. The number of hydrogen-bond acceptors (Lipinski definition) is 2. The van der Waals surface area contributed by atoms with Gasteiger partial charge in [0.15, 0.2) is 0 Å². The van der Waals surface area contributed by atoms with Crippen LogP contribution in [-0.4, -0.2) is 26.1 Å². The topological polar surface area (TPSA) is 46.2 Å². The Labute approximate surface area is 85.9 Å². The highest BCUT2D eigenvalue weighted by molar-refractivity contribution is 7.89. The molecule has 5 heteroatoms. The normalized spacial score (nSPS) is 14.4. The maximum Gasteiger partial charge on any atom is 0.211 e. The summed E-state index contributed by atoms with van der Waals surface area (Å²) in [6.45, 7) is 4.25. The first-order valence-corrected chi connectivity index (χ1v) is 6.68. The molecular weight excluding hydrogens is 210 g/mol. The summed E-state index contributed by atoms with van der Waals surface area (Å²) < 4.78 is 24.8. The molecular formula is C8H18ClNO2S. The molecule has 0 spiro atoms. The van der Waals surface area contributed by atoms with Crippen molar-refractivity contribution in [2.45, 2.75) is 38.5 Å². The largest absolute Gasteiger partial charge is 0.215 e. The van der Waals surface area contributed by atoms with Gasteiger partial charge in [-0.2, -0.15) is 0 Å². The van der Waals surface area contributed by atoms with Crippen LogP contribution in [0.15, 0.2) is 0 Å². The summed E-state index contributed by atoms with van der Waals surface area (Å²) in [5.74, 6) is 0.212. The van der Waals surface area contributed by atoms with Crippen molar-refractivity contribution in [3.05, 3.63) is 0 Å². The van der Waals surface area contributed by atoms with Crippen molar-refractivity contribution < 1.29 is 8.42 Å². The van der Waals surface area contributed by atoms with Gasteiger partial charge in [0.2, 0.25) is 10.0 Å². The fourth-order valence-corrected chi connectivity index (χ4v) is 2.24. The molecule has 0 aromatic rings. The average molecular weight is 228 g/mol. The molecule has 0 saturated heterocycles. The molecule has 0 fully saturated rings. The number of halogens is 1. The van der Waals surface area contributed by atoms with E-state index in [2.05, 4.69) is 4.72 Å². The molecule has 80 valence electrons. The van der Waals surface area contributed by atoms with Gasteiger partial charge in [0.1, 0.15) is 0 Å². The number of nitrogens with one attached hydrogen (secondary N) is 1. The number of alkyl halides is 1. The van der Waals surface area contributed by atoms with Gasteiger partial charge in [-0.15, -0.1) is 11.6 Å². The van der Waals surface area contributed by atoms with E-state index in [-0.39, 0.29) is 11.1 Å². The molecule has 0 amide bonds. The third-order valence-corrected chi connectivity index (χ3v) is 3.38. The van der Waals surface area contributed by atoms with Crippen molar-refractivity contribution in [2.75, 3.05) is 12.3 Å². The van der Waals surface area contributed by atoms with Crippen molar-refractivity contribution in [1.29, 1.82) is 0 Å². The van der Waals surface area contributed by atoms with Gasteiger partial charge in [-0.05, 0) is 26.2 Å². The minimum Gasteiger partial charge on any atom is -0.215 e. The zero-order valence-electron chi connectivity index (χ0n) is 8.22. The van der Waals surface area contributed by atoms with E-state index in [1.807, 2.05) is 13.8 Å². The molecule has 1 unspecified atom stereocenters. The summed E-state index contributed by atoms with van der Waals surface area (Å²) in [7, 11) is -3.02. The molecule has 0 saturated carbocycles. The van der Waals surface area contributed by atoms with Crippen LogP contribution >= 0.6 is 11.6 Å². The van der Waals surface area contributed by atoms with E-state index in [0.29, 0.717) is 13.0 Å². The van der Waals surface area contributed by atoms with Crippen molar-refractivity contribution in [3.63, 3.8) is 0 Å². The molecule has 0 radical (unpaired) electrons. The summed E-state index contributed by atoms with van der Waals surface area (Å²) in [5, 5.41) is 0.121. The lowest BCUT2D eigenvalue weighted by atomic mass is 10.2. The molecule has 0 aliphatic carbocycles. The predicted molar refractivity (Wildman–Crippen MR) is 56.6 cm³/mol. The minimum atomic E-state index is -3.02. The van der Waals surface area contributed by atoms with Gasteiger partial charge in [0, 0.05) is 11.9 Å². The van der Waals surface area contributed by atoms with E-state index in [9.17, 15) is 8.42 Å². The van der Waals surface area contributed by atoms with Gasteiger partial charge in [-0.1, -0.05) is 6.92 Å². The fourth-order valence-electron chi connectivity index (χ4n) is 0.952. The van der Waals surface area contributed by atoms with Crippen LogP contribution in [0.2, 0.25) is 0 Å². The number of sulfonamides is 1. The molecule has 0 aromatic carbocycles. The summed E-state index contributed by atoms with van der Waals surface area (Å²) in [4.78, 5) is 0. The second-order valence-corrected chi connectivity index (χ2v) is 5.81. The van der Waals surface area contributed by atoms with Crippen LogP contribution in [0.5, 0.6) is 0 Å². The Bertz CT molecular complexity index is 214. The lowest BCUT2D eigenvalue weighted by Gasteiger charge is -2.05. The van der Waals surface area contributed by atoms with Crippen LogP contribution in [0.4, 0.5) is 0 Å². The number of hydrogen-bond donors (Lipinski definition) is 1. The van der Waals surface area contributed by atoms with Crippen molar-refractivity contribution in [2.24, 2.45) is 0 Å². The summed E-state index contributed by atoms with van der Waals surface area (Å²) >= 11 is 5.71. The predicted octanol–water partition coefficient (Wildman–Crippen LogP) is 1.72. The quantitative estimate of drug-likeness (QED) is 0.532. The van der Waals surface area contributed by atoms with Crippen LogP contribution in [-0.2, 0) is 10.0 Å². The van der Waals surface area contributed by atoms with E-state index in [0.717, 1.165) is 12.8 Å². The first kappa shape index (κ1) is 13.2. The molecule has 1 N–H and O–H groups in total. The Hall–Kier alpha value is 0.200. The van der Waals surface area contributed by atoms with Gasteiger partial charge in [0.05, 0.1) is 5.75 Å². The summed E-state index contributed by atoms with van der Waals surface area (Å²) in [6.07, 6.45) is 2.30. The Morgan fingerprint density at radius 3 is 2.54 bits per heavy atom. The zero-order valence-corrected chi connectivity index (χ0v) is 9.79. The van der Waals surface area contributed by atoms with Gasteiger partial charge >= 0.3 is 0 Å². The second-order valence-electron chi connectivity index (χ2n) is 3.14. The average Bonchev–Trinajstić information content (AvgIpc) is 1.98. The van der Waals surface area contributed by atoms with E-state index >= 15 is 0 Å². The Balaban J connectivity index is 3.53. The minimum absolute atomic E-state index is 0.121. The van der Waals surface area contributed by atoms with E-state index in [4.69, 9.17) is 11.6 Å². The SMILES string of the molecule is CCCS(=O)(=O)NCCCC(C)Cl. The highest BCUT2D eigenvalue weighted by Crippen LogP contribution is 2.02. The van der Waals surface area contributed by atoms with Crippen LogP contribution in [0, 0.1) is 0 Å². The van der Waals surface area contributed by atoms with Crippen LogP contribution in [0.1, 0.15) is 33.1 Å². The van der Waals surface area contributed by atoms with E-state index in [1.165, 1.54) is 0 Å². The van der Waals surface area contributed by atoms with Crippen LogP contribution < -0.4 is 4.72 Å². The Kier molecular flexibility index (Phi) is 6.73. The highest BCUT2D eigenvalue weighted by atomic mass is 35.5. The molecule has 0 heterocycles. The Morgan fingerprint density at radius 2 is 2.08 bits per heavy atom. The molecule has 0 aromatic heterocycles. The van der Waals surface area contributed by atoms with Crippen LogP contribution in [0.3, 0.4) is 0 Å². The summed E-state index contributed by atoms with van der Waals surface area (Å²) in [6, 6.07) is 0. The molecule has 0 bridgehead atoms. The van der Waals surface area contributed by atoms with E-state index < -0.39 is 10.0 Å². The Morgan fingerprint density at radius 1 is 1.46 bits per heavy atom. The third kappa shape index (κ3) is 8.53. The second kappa shape index (κ2) is 6.62. The third-order valence-electron chi connectivity index (χ3n) is 1.57. The molecule has 0 aliphatic rings.